The summed E-state index contributed by atoms with van der Waals surface area (Å²) in [6.45, 7) is 10.1. The summed E-state index contributed by atoms with van der Waals surface area (Å²) in [5.41, 5.74) is 0. The predicted molar refractivity (Wildman–Crippen MR) is 52.7 cm³/mol. The van der Waals surface area contributed by atoms with Crippen LogP contribution in [0.4, 0.5) is 0 Å². The monoisotopic (exact) mass is 188 g/mol. The zero-order chi connectivity index (χ0) is 9.94. The van der Waals surface area contributed by atoms with E-state index in [1.54, 1.807) is 0 Å². The molecule has 3 nitrogen and oxygen atoms in total. The van der Waals surface area contributed by atoms with E-state index in [9.17, 15) is 0 Å². The van der Waals surface area contributed by atoms with Crippen LogP contribution in [0.3, 0.4) is 0 Å². The van der Waals surface area contributed by atoms with Crippen LogP contribution in [-0.4, -0.2) is 32.5 Å². The first-order valence-corrected chi connectivity index (χ1v) is 4.73. The third-order valence-corrected chi connectivity index (χ3v) is 1.43. The molecule has 0 aromatic heterocycles. The van der Waals surface area contributed by atoms with E-state index >= 15 is 0 Å². The third kappa shape index (κ3) is 9.37. The summed E-state index contributed by atoms with van der Waals surface area (Å²) in [5, 5.41) is 0. The molecule has 0 aromatic carbocycles. The molecule has 0 fully saturated rings. The van der Waals surface area contributed by atoms with Gasteiger partial charge in [0.1, 0.15) is 6.61 Å². The van der Waals surface area contributed by atoms with Crippen molar-refractivity contribution in [3.63, 3.8) is 0 Å². The fraction of sp³-hybridized carbons (Fsp3) is 0.800. The van der Waals surface area contributed by atoms with Crippen LogP contribution >= 0.6 is 0 Å². The second-order valence-electron chi connectivity index (χ2n) is 2.79. The first-order valence-electron chi connectivity index (χ1n) is 4.73. The highest BCUT2D eigenvalue weighted by Crippen LogP contribution is 1.92. The first-order chi connectivity index (χ1) is 6.31. The lowest BCUT2D eigenvalue weighted by Gasteiger charge is -2.12. The largest absolute Gasteiger partial charge is 0.499 e. The number of rotatable bonds is 9. The molecule has 1 unspecified atom stereocenters. The molecule has 0 spiro atoms. The van der Waals surface area contributed by atoms with Gasteiger partial charge in [-0.25, -0.2) is 0 Å². The fourth-order valence-corrected chi connectivity index (χ4v) is 0.806. The predicted octanol–water partition coefficient (Wildman–Crippen LogP) is 1.98. The van der Waals surface area contributed by atoms with E-state index in [1.165, 1.54) is 6.26 Å². The molecule has 0 N–H and O–H groups in total. The zero-order valence-corrected chi connectivity index (χ0v) is 8.62. The molecule has 0 aliphatic carbocycles. The molecule has 1 atom stereocenters. The fourth-order valence-electron chi connectivity index (χ4n) is 0.806. The molecular weight excluding hydrogens is 168 g/mol. The van der Waals surface area contributed by atoms with E-state index in [0.717, 1.165) is 13.0 Å². The Balaban J connectivity index is 3.07. The van der Waals surface area contributed by atoms with Crippen LogP contribution in [0, 0.1) is 0 Å². The average molecular weight is 188 g/mol. The van der Waals surface area contributed by atoms with Gasteiger partial charge in [0, 0.05) is 6.61 Å². The topological polar surface area (TPSA) is 27.7 Å². The Bertz CT molecular complexity index is 115. The first kappa shape index (κ1) is 12.5. The van der Waals surface area contributed by atoms with E-state index in [2.05, 4.69) is 13.5 Å². The van der Waals surface area contributed by atoms with Gasteiger partial charge in [0.15, 0.2) is 0 Å². The van der Waals surface area contributed by atoms with Crippen LogP contribution in [0.15, 0.2) is 12.8 Å². The van der Waals surface area contributed by atoms with Crippen molar-refractivity contribution in [1.29, 1.82) is 0 Å². The van der Waals surface area contributed by atoms with Gasteiger partial charge in [-0.2, -0.15) is 0 Å². The number of ether oxygens (including phenoxy) is 3. The standard InChI is InChI=1S/C10H20O3/c1-4-6-12-7-8-13-10(3)9-11-5-2/h5,10H,2,4,6-9H2,1,3H3. The molecule has 0 aromatic rings. The normalized spacial score (nSPS) is 12.5. The lowest BCUT2D eigenvalue weighted by molar-refractivity contribution is -0.0129. The second-order valence-corrected chi connectivity index (χ2v) is 2.79. The smallest absolute Gasteiger partial charge is 0.113 e. The van der Waals surface area contributed by atoms with Gasteiger partial charge in [0.2, 0.25) is 0 Å². The van der Waals surface area contributed by atoms with Gasteiger partial charge in [0.05, 0.1) is 25.6 Å². The average Bonchev–Trinajstić information content (AvgIpc) is 2.14. The van der Waals surface area contributed by atoms with Crippen molar-refractivity contribution in [3.05, 3.63) is 12.8 Å². The quantitative estimate of drug-likeness (QED) is 0.409. The highest BCUT2D eigenvalue weighted by Gasteiger charge is 2.00. The summed E-state index contributed by atoms with van der Waals surface area (Å²) < 4.78 is 15.6. The summed E-state index contributed by atoms with van der Waals surface area (Å²) >= 11 is 0. The van der Waals surface area contributed by atoms with E-state index in [1.807, 2.05) is 6.92 Å². The van der Waals surface area contributed by atoms with Gasteiger partial charge in [-0.3, -0.25) is 0 Å². The van der Waals surface area contributed by atoms with Crippen LogP contribution in [0.5, 0.6) is 0 Å². The molecule has 0 saturated heterocycles. The van der Waals surface area contributed by atoms with Crippen molar-refractivity contribution in [2.75, 3.05) is 26.4 Å². The van der Waals surface area contributed by atoms with Crippen LogP contribution < -0.4 is 0 Å². The molecular formula is C10H20O3. The maximum atomic E-state index is 5.39. The highest BCUT2D eigenvalue weighted by atomic mass is 16.5. The van der Waals surface area contributed by atoms with Gasteiger partial charge in [-0.15, -0.1) is 0 Å². The van der Waals surface area contributed by atoms with E-state index in [0.29, 0.717) is 19.8 Å². The lowest BCUT2D eigenvalue weighted by atomic mass is 10.4. The van der Waals surface area contributed by atoms with E-state index in [4.69, 9.17) is 14.2 Å². The second kappa shape index (κ2) is 9.55. The molecule has 0 bridgehead atoms. The summed E-state index contributed by atoms with van der Waals surface area (Å²) in [6, 6.07) is 0. The maximum Gasteiger partial charge on any atom is 0.113 e. The number of hydrogen-bond donors (Lipinski definition) is 0. The molecule has 0 radical (unpaired) electrons. The SMILES string of the molecule is C=COCC(C)OCCOCCC. The molecule has 3 heteroatoms. The summed E-state index contributed by atoms with van der Waals surface area (Å²) in [4.78, 5) is 0. The third-order valence-electron chi connectivity index (χ3n) is 1.43. The molecule has 0 rings (SSSR count). The van der Waals surface area contributed by atoms with Gasteiger partial charge in [0.25, 0.3) is 0 Å². The van der Waals surface area contributed by atoms with Gasteiger partial charge < -0.3 is 14.2 Å². The maximum absolute atomic E-state index is 5.39. The molecule has 78 valence electrons. The van der Waals surface area contributed by atoms with Crippen LogP contribution in [0.2, 0.25) is 0 Å². The van der Waals surface area contributed by atoms with Crippen LogP contribution in [0.25, 0.3) is 0 Å². The molecule has 13 heavy (non-hydrogen) atoms. The van der Waals surface area contributed by atoms with E-state index < -0.39 is 0 Å². The van der Waals surface area contributed by atoms with Gasteiger partial charge in [-0.1, -0.05) is 13.5 Å². The molecule has 0 aliphatic rings. The molecule has 0 amide bonds. The Hall–Kier alpha value is -0.540. The van der Waals surface area contributed by atoms with Gasteiger partial charge >= 0.3 is 0 Å². The summed E-state index contributed by atoms with van der Waals surface area (Å²) in [6.07, 6.45) is 2.57. The van der Waals surface area contributed by atoms with Crippen LogP contribution in [0.1, 0.15) is 20.3 Å². The van der Waals surface area contributed by atoms with Crippen LogP contribution in [-0.2, 0) is 14.2 Å². The Labute approximate surface area is 80.7 Å². The number of hydrogen-bond acceptors (Lipinski definition) is 3. The van der Waals surface area contributed by atoms with E-state index in [-0.39, 0.29) is 6.10 Å². The van der Waals surface area contributed by atoms with Crippen molar-refractivity contribution >= 4 is 0 Å². The summed E-state index contributed by atoms with van der Waals surface area (Å²) in [7, 11) is 0. The Kier molecular flexibility index (Phi) is 9.15. The summed E-state index contributed by atoms with van der Waals surface area (Å²) in [5.74, 6) is 0. The van der Waals surface area contributed by atoms with Crippen molar-refractivity contribution < 1.29 is 14.2 Å². The Morgan fingerprint density at radius 2 is 2.08 bits per heavy atom. The highest BCUT2D eigenvalue weighted by molar-refractivity contribution is 4.53. The van der Waals surface area contributed by atoms with Crippen molar-refractivity contribution in [3.8, 4) is 0 Å². The molecule has 0 aliphatic heterocycles. The Morgan fingerprint density at radius 1 is 1.31 bits per heavy atom. The molecule has 0 saturated carbocycles. The lowest BCUT2D eigenvalue weighted by Crippen LogP contribution is -2.17. The van der Waals surface area contributed by atoms with Crippen molar-refractivity contribution in [2.45, 2.75) is 26.4 Å². The molecule has 0 heterocycles. The minimum atomic E-state index is 0.100. The van der Waals surface area contributed by atoms with Gasteiger partial charge in [-0.05, 0) is 13.3 Å². The van der Waals surface area contributed by atoms with Crippen molar-refractivity contribution in [1.82, 2.24) is 0 Å². The minimum Gasteiger partial charge on any atom is -0.499 e. The Morgan fingerprint density at radius 3 is 2.69 bits per heavy atom. The van der Waals surface area contributed by atoms with Crippen molar-refractivity contribution in [2.24, 2.45) is 0 Å². The minimum absolute atomic E-state index is 0.100. The zero-order valence-electron chi connectivity index (χ0n) is 8.62.